The van der Waals surface area contributed by atoms with Gasteiger partial charge in [0.25, 0.3) is 5.91 Å². The Labute approximate surface area is 166 Å². The van der Waals surface area contributed by atoms with Crippen molar-refractivity contribution < 1.29 is 15.0 Å². The molecule has 3 N–H and O–H groups in total. The molecular formula is C22H16N4O3. The molecule has 0 aliphatic carbocycles. The average molecular weight is 384 g/mol. The summed E-state index contributed by atoms with van der Waals surface area (Å²) >= 11 is 0. The van der Waals surface area contributed by atoms with E-state index in [1.807, 2.05) is 42.5 Å². The van der Waals surface area contributed by atoms with E-state index in [4.69, 9.17) is 0 Å². The van der Waals surface area contributed by atoms with E-state index in [2.05, 4.69) is 20.5 Å². The molecule has 4 rings (SSSR count). The molecule has 0 bridgehead atoms. The van der Waals surface area contributed by atoms with Gasteiger partial charge in [0.15, 0.2) is 11.5 Å². The molecule has 0 unspecified atom stereocenters. The number of rotatable bonds is 4. The predicted molar refractivity (Wildman–Crippen MR) is 110 cm³/mol. The fourth-order valence-corrected chi connectivity index (χ4v) is 2.88. The molecule has 0 aliphatic rings. The van der Waals surface area contributed by atoms with Crippen molar-refractivity contribution in [2.75, 3.05) is 0 Å². The van der Waals surface area contributed by atoms with Crippen molar-refractivity contribution in [1.29, 1.82) is 0 Å². The largest absolute Gasteiger partial charge is 0.504 e. The Morgan fingerprint density at radius 1 is 0.966 bits per heavy atom. The predicted octanol–water partition coefficient (Wildman–Crippen LogP) is 3.47. The van der Waals surface area contributed by atoms with Gasteiger partial charge in [-0.2, -0.15) is 5.10 Å². The number of benzene rings is 2. The number of aromatic nitrogens is 2. The number of aromatic hydroxyl groups is 2. The van der Waals surface area contributed by atoms with E-state index in [9.17, 15) is 15.0 Å². The Morgan fingerprint density at radius 3 is 2.62 bits per heavy atom. The number of nitrogens with zero attached hydrogens (tertiary/aromatic N) is 3. The monoisotopic (exact) mass is 384 g/mol. The third kappa shape index (κ3) is 3.74. The van der Waals surface area contributed by atoms with Crippen LogP contribution in [0.2, 0.25) is 0 Å². The molecule has 29 heavy (non-hydrogen) atoms. The number of hydrogen-bond acceptors (Lipinski definition) is 6. The number of nitrogens with one attached hydrogen (secondary N) is 1. The summed E-state index contributed by atoms with van der Waals surface area (Å²) in [6.45, 7) is 0. The number of carbonyl (C=O) groups excluding carboxylic acids is 1. The lowest BCUT2D eigenvalue weighted by molar-refractivity contribution is 0.0956. The first kappa shape index (κ1) is 18.1. The number of carbonyl (C=O) groups is 1. The van der Waals surface area contributed by atoms with Crippen molar-refractivity contribution >= 4 is 23.0 Å². The van der Waals surface area contributed by atoms with E-state index >= 15 is 0 Å². The molecule has 2 aromatic heterocycles. The van der Waals surface area contributed by atoms with Crippen LogP contribution in [-0.2, 0) is 0 Å². The fourth-order valence-electron chi connectivity index (χ4n) is 2.88. The molecule has 0 spiro atoms. The van der Waals surface area contributed by atoms with Crippen LogP contribution < -0.4 is 5.43 Å². The maximum absolute atomic E-state index is 12.8. The summed E-state index contributed by atoms with van der Waals surface area (Å²) in [4.78, 5) is 21.7. The highest BCUT2D eigenvalue weighted by molar-refractivity contribution is 6.07. The van der Waals surface area contributed by atoms with Gasteiger partial charge in [0.05, 0.1) is 28.7 Å². The van der Waals surface area contributed by atoms with Crippen LogP contribution in [0.5, 0.6) is 11.5 Å². The van der Waals surface area contributed by atoms with Gasteiger partial charge in [-0.05, 0) is 36.4 Å². The van der Waals surface area contributed by atoms with Crippen molar-refractivity contribution in [3.8, 4) is 22.9 Å². The first-order chi connectivity index (χ1) is 14.1. The summed E-state index contributed by atoms with van der Waals surface area (Å²) in [7, 11) is 0. The maximum atomic E-state index is 12.8. The topological polar surface area (TPSA) is 108 Å². The molecule has 0 aliphatic heterocycles. The number of pyridine rings is 2. The SMILES string of the molecule is O=C(N/N=C\c1cccc(O)c1O)c1cc(-c2ccccn2)nc2ccccc12. The summed E-state index contributed by atoms with van der Waals surface area (Å²) in [5.41, 5.74) is 5.02. The molecule has 1 amide bonds. The number of phenolic OH excluding ortho intramolecular Hbond substituents is 2. The summed E-state index contributed by atoms with van der Waals surface area (Å²) in [6.07, 6.45) is 2.92. The minimum Gasteiger partial charge on any atom is -0.504 e. The van der Waals surface area contributed by atoms with Crippen molar-refractivity contribution in [3.05, 3.63) is 84.1 Å². The molecule has 4 aromatic rings. The standard InChI is InChI=1S/C22H16N4O3/c27-20-10-5-6-14(21(20)28)13-24-26-22(29)16-12-19(18-9-3-4-11-23-18)25-17-8-2-1-7-15(16)17/h1-13,27-28H,(H,26,29)/b24-13-. The summed E-state index contributed by atoms with van der Waals surface area (Å²) in [5, 5.41) is 23.9. The third-order valence-electron chi connectivity index (χ3n) is 4.30. The fraction of sp³-hybridized carbons (Fsp3) is 0. The lowest BCUT2D eigenvalue weighted by atomic mass is 10.1. The highest BCUT2D eigenvalue weighted by Crippen LogP contribution is 2.27. The molecule has 142 valence electrons. The maximum Gasteiger partial charge on any atom is 0.272 e. The van der Waals surface area contributed by atoms with Gasteiger partial charge < -0.3 is 10.2 Å². The second-order valence-electron chi connectivity index (χ2n) is 6.20. The zero-order chi connectivity index (χ0) is 20.2. The molecular weight excluding hydrogens is 368 g/mol. The molecule has 7 nitrogen and oxygen atoms in total. The molecule has 2 aromatic carbocycles. The van der Waals surface area contributed by atoms with E-state index in [1.54, 1.807) is 24.4 Å². The zero-order valence-corrected chi connectivity index (χ0v) is 15.1. The van der Waals surface area contributed by atoms with E-state index in [0.29, 0.717) is 27.9 Å². The van der Waals surface area contributed by atoms with Gasteiger partial charge in [-0.3, -0.25) is 9.78 Å². The van der Waals surface area contributed by atoms with E-state index in [1.165, 1.54) is 12.3 Å². The van der Waals surface area contributed by atoms with Crippen LogP contribution in [0.25, 0.3) is 22.3 Å². The lowest BCUT2D eigenvalue weighted by Crippen LogP contribution is -2.18. The number of fused-ring (bicyclic) bond motifs is 1. The normalized spacial score (nSPS) is 11.0. The van der Waals surface area contributed by atoms with Gasteiger partial charge in [0.2, 0.25) is 0 Å². The molecule has 0 radical (unpaired) electrons. The van der Waals surface area contributed by atoms with Crippen LogP contribution in [-0.4, -0.2) is 32.3 Å². The first-order valence-electron chi connectivity index (χ1n) is 8.79. The highest BCUT2D eigenvalue weighted by Gasteiger charge is 2.14. The first-order valence-corrected chi connectivity index (χ1v) is 8.79. The Kier molecular flexibility index (Phi) is 4.86. The molecule has 0 saturated heterocycles. The van der Waals surface area contributed by atoms with Gasteiger partial charge in [0.1, 0.15) is 0 Å². The smallest absolute Gasteiger partial charge is 0.272 e. The Hall–Kier alpha value is -4.26. The Balaban J connectivity index is 1.68. The van der Waals surface area contributed by atoms with Gasteiger partial charge in [-0.1, -0.05) is 30.3 Å². The van der Waals surface area contributed by atoms with Crippen molar-refractivity contribution in [2.24, 2.45) is 5.10 Å². The molecule has 0 fully saturated rings. The quantitative estimate of drug-likeness (QED) is 0.284. The second-order valence-corrected chi connectivity index (χ2v) is 6.20. The van der Waals surface area contributed by atoms with Gasteiger partial charge >= 0.3 is 0 Å². The number of phenols is 2. The molecule has 0 atom stereocenters. The number of amides is 1. The summed E-state index contributed by atoms with van der Waals surface area (Å²) < 4.78 is 0. The van der Waals surface area contributed by atoms with Crippen LogP contribution in [0.3, 0.4) is 0 Å². The van der Waals surface area contributed by atoms with Gasteiger partial charge in [-0.15, -0.1) is 0 Å². The minimum absolute atomic E-state index is 0.264. The third-order valence-corrected chi connectivity index (χ3v) is 4.30. The highest BCUT2D eigenvalue weighted by atomic mass is 16.3. The average Bonchev–Trinajstić information content (AvgIpc) is 2.76. The van der Waals surface area contributed by atoms with Crippen molar-refractivity contribution in [1.82, 2.24) is 15.4 Å². The van der Waals surface area contributed by atoms with Crippen molar-refractivity contribution in [2.45, 2.75) is 0 Å². The number of hydrazone groups is 1. The van der Waals surface area contributed by atoms with Crippen LogP contribution in [0.4, 0.5) is 0 Å². The van der Waals surface area contributed by atoms with Crippen LogP contribution in [0.15, 0.2) is 78.0 Å². The van der Waals surface area contributed by atoms with Crippen LogP contribution in [0.1, 0.15) is 15.9 Å². The summed E-state index contributed by atoms with van der Waals surface area (Å²) in [5.74, 6) is -1.01. The van der Waals surface area contributed by atoms with E-state index < -0.39 is 5.91 Å². The second kappa shape index (κ2) is 7.77. The zero-order valence-electron chi connectivity index (χ0n) is 15.1. The van der Waals surface area contributed by atoms with Crippen LogP contribution >= 0.6 is 0 Å². The minimum atomic E-state index is -0.434. The summed E-state index contributed by atoms with van der Waals surface area (Å²) in [6, 6.07) is 18.9. The van der Waals surface area contributed by atoms with E-state index in [0.717, 1.165) is 0 Å². The number of hydrogen-bond donors (Lipinski definition) is 3. The van der Waals surface area contributed by atoms with Gasteiger partial charge in [-0.25, -0.2) is 10.4 Å². The molecule has 2 heterocycles. The molecule has 0 saturated carbocycles. The van der Waals surface area contributed by atoms with Crippen molar-refractivity contribution in [3.63, 3.8) is 0 Å². The van der Waals surface area contributed by atoms with E-state index in [-0.39, 0.29) is 17.1 Å². The lowest BCUT2D eigenvalue weighted by Gasteiger charge is -2.08. The number of para-hydroxylation sites is 2. The van der Waals surface area contributed by atoms with Crippen LogP contribution in [0, 0.1) is 0 Å². The van der Waals surface area contributed by atoms with Gasteiger partial charge in [0, 0.05) is 17.1 Å². The Bertz CT molecular complexity index is 1220. The Morgan fingerprint density at radius 2 is 1.79 bits per heavy atom. The molecule has 7 heteroatoms.